The lowest BCUT2D eigenvalue weighted by Crippen LogP contribution is -2.06. The van der Waals surface area contributed by atoms with E-state index in [1.807, 2.05) is 0 Å². The summed E-state index contributed by atoms with van der Waals surface area (Å²) in [6, 6.07) is 9.15. The van der Waals surface area contributed by atoms with E-state index in [0.29, 0.717) is 25.8 Å². The van der Waals surface area contributed by atoms with Crippen LogP contribution in [0.15, 0.2) is 45.3 Å². The van der Waals surface area contributed by atoms with Gasteiger partial charge in [0, 0.05) is 14.6 Å². The third kappa shape index (κ3) is 4.05. The molecule has 2 rings (SSSR count). The number of esters is 1. The first-order valence-electron chi connectivity index (χ1n) is 5.62. The van der Waals surface area contributed by atoms with Crippen LogP contribution in [0.1, 0.15) is 15.9 Å². The van der Waals surface area contributed by atoms with Crippen LogP contribution in [0, 0.1) is 5.82 Å². The molecule has 0 aromatic heterocycles. The van der Waals surface area contributed by atoms with Gasteiger partial charge in [0.05, 0.1) is 5.56 Å². The molecule has 0 unspecified atom stereocenters. The molecule has 20 heavy (non-hydrogen) atoms. The van der Waals surface area contributed by atoms with Gasteiger partial charge in [-0.15, -0.1) is 0 Å². The van der Waals surface area contributed by atoms with Crippen LogP contribution < -0.4 is 5.73 Å². The van der Waals surface area contributed by atoms with Crippen molar-refractivity contribution in [2.24, 2.45) is 0 Å². The number of halogens is 3. The molecule has 104 valence electrons. The summed E-state index contributed by atoms with van der Waals surface area (Å²) in [6.07, 6.45) is 0. The van der Waals surface area contributed by atoms with E-state index >= 15 is 0 Å². The number of nitrogen functional groups attached to an aromatic ring is 1. The van der Waals surface area contributed by atoms with E-state index in [1.165, 1.54) is 18.2 Å². The monoisotopic (exact) mass is 401 g/mol. The second-order valence-electron chi connectivity index (χ2n) is 4.13. The van der Waals surface area contributed by atoms with E-state index in [4.69, 9.17) is 10.5 Å². The van der Waals surface area contributed by atoms with Crippen molar-refractivity contribution in [3.8, 4) is 0 Å². The first kappa shape index (κ1) is 15.0. The van der Waals surface area contributed by atoms with Crippen molar-refractivity contribution in [3.05, 3.63) is 62.3 Å². The number of anilines is 1. The fourth-order valence-corrected chi connectivity index (χ4v) is 2.68. The normalized spacial score (nSPS) is 10.3. The van der Waals surface area contributed by atoms with Gasteiger partial charge in [-0.05, 0) is 42.0 Å². The van der Waals surface area contributed by atoms with Gasteiger partial charge in [-0.3, -0.25) is 0 Å². The zero-order valence-corrected chi connectivity index (χ0v) is 13.4. The van der Waals surface area contributed by atoms with Gasteiger partial charge in [-0.2, -0.15) is 0 Å². The maximum atomic E-state index is 13.2. The van der Waals surface area contributed by atoms with Gasteiger partial charge in [0.2, 0.25) is 0 Å². The number of ether oxygens (including phenoxy) is 1. The molecule has 0 saturated carbocycles. The number of carbonyl (C=O) groups is 1. The molecule has 2 N–H and O–H groups in total. The minimum Gasteiger partial charge on any atom is -0.457 e. The van der Waals surface area contributed by atoms with Gasteiger partial charge in [0.25, 0.3) is 0 Å². The minimum atomic E-state index is -0.515. The van der Waals surface area contributed by atoms with E-state index in [2.05, 4.69) is 31.9 Å². The van der Waals surface area contributed by atoms with Crippen molar-refractivity contribution in [3.63, 3.8) is 0 Å². The van der Waals surface area contributed by atoms with Gasteiger partial charge in [-0.1, -0.05) is 31.9 Å². The summed E-state index contributed by atoms with van der Waals surface area (Å²) in [6.45, 7) is -0.0123. The molecule has 0 aliphatic heterocycles. The Balaban J connectivity index is 2.08. The third-order valence-corrected chi connectivity index (χ3v) is 3.36. The zero-order chi connectivity index (χ0) is 14.7. The summed E-state index contributed by atoms with van der Waals surface area (Å²) in [7, 11) is 0. The molecule has 0 aliphatic carbocycles. The summed E-state index contributed by atoms with van der Waals surface area (Å²) in [4.78, 5) is 11.9. The average Bonchev–Trinajstić information content (AvgIpc) is 2.33. The molecule has 0 radical (unpaired) electrons. The van der Waals surface area contributed by atoms with Crippen molar-refractivity contribution in [2.75, 3.05) is 5.73 Å². The fourth-order valence-electron chi connectivity index (χ4n) is 1.66. The molecule has 6 heteroatoms. The van der Waals surface area contributed by atoms with Crippen LogP contribution in [0.2, 0.25) is 0 Å². The first-order chi connectivity index (χ1) is 9.44. The topological polar surface area (TPSA) is 52.3 Å². The number of nitrogens with two attached hydrogens (primary N) is 1. The lowest BCUT2D eigenvalue weighted by Gasteiger charge is -2.07. The van der Waals surface area contributed by atoms with E-state index in [9.17, 15) is 9.18 Å². The molecule has 0 aliphatic rings. The van der Waals surface area contributed by atoms with Gasteiger partial charge in [-0.25, -0.2) is 9.18 Å². The Labute approximate surface area is 132 Å². The quantitative estimate of drug-likeness (QED) is 0.615. The van der Waals surface area contributed by atoms with E-state index in [-0.39, 0.29) is 6.61 Å². The highest BCUT2D eigenvalue weighted by atomic mass is 79.9. The van der Waals surface area contributed by atoms with E-state index in [1.54, 1.807) is 18.2 Å². The van der Waals surface area contributed by atoms with Crippen LogP contribution in [0.5, 0.6) is 0 Å². The highest BCUT2D eigenvalue weighted by molar-refractivity contribution is 9.10. The third-order valence-electron chi connectivity index (χ3n) is 2.45. The Morgan fingerprint density at radius 1 is 1.10 bits per heavy atom. The molecule has 0 spiro atoms. The summed E-state index contributed by atoms with van der Waals surface area (Å²) in [5.74, 6) is -0.907. The van der Waals surface area contributed by atoms with Gasteiger partial charge in [0.15, 0.2) is 0 Å². The number of carbonyl (C=O) groups excluding carboxylic acids is 1. The SMILES string of the molecule is Nc1cc(Br)cc(C(=O)OCc2cc(F)cc(Br)c2)c1. The molecule has 0 atom stereocenters. The summed E-state index contributed by atoms with van der Waals surface area (Å²) in [5, 5.41) is 0. The molecule has 3 nitrogen and oxygen atoms in total. The Hall–Kier alpha value is -1.40. The largest absolute Gasteiger partial charge is 0.457 e. The van der Waals surface area contributed by atoms with Crippen molar-refractivity contribution >= 4 is 43.5 Å². The molecular weight excluding hydrogens is 393 g/mol. The summed E-state index contributed by atoms with van der Waals surface area (Å²) in [5.41, 5.74) is 7.01. The minimum absolute atomic E-state index is 0.0123. The maximum absolute atomic E-state index is 13.2. The second kappa shape index (κ2) is 6.37. The Morgan fingerprint density at radius 2 is 1.80 bits per heavy atom. The first-order valence-corrected chi connectivity index (χ1v) is 7.21. The molecule has 0 amide bonds. The number of hydrogen-bond acceptors (Lipinski definition) is 3. The molecule has 2 aromatic carbocycles. The van der Waals surface area contributed by atoms with Gasteiger partial charge >= 0.3 is 5.97 Å². The lowest BCUT2D eigenvalue weighted by molar-refractivity contribution is 0.0472. The van der Waals surface area contributed by atoms with Crippen molar-refractivity contribution in [1.29, 1.82) is 0 Å². The van der Waals surface area contributed by atoms with Crippen LogP contribution >= 0.6 is 31.9 Å². The number of rotatable bonds is 3. The average molecular weight is 403 g/mol. The van der Waals surface area contributed by atoms with Gasteiger partial charge in [0.1, 0.15) is 12.4 Å². The summed E-state index contributed by atoms with van der Waals surface area (Å²) >= 11 is 6.43. The lowest BCUT2D eigenvalue weighted by atomic mass is 10.2. The van der Waals surface area contributed by atoms with Crippen LogP contribution in [0.4, 0.5) is 10.1 Å². The standard InChI is InChI=1S/C14H10Br2FNO2/c15-10-1-8(2-12(17)5-10)7-20-14(19)9-3-11(16)6-13(18)4-9/h1-6H,7,18H2. The highest BCUT2D eigenvalue weighted by Crippen LogP contribution is 2.19. The fraction of sp³-hybridized carbons (Fsp3) is 0.0714. The molecule has 0 saturated heterocycles. The van der Waals surface area contributed by atoms with Crippen molar-refractivity contribution < 1.29 is 13.9 Å². The van der Waals surface area contributed by atoms with E-state index < -0.39 is 11.8 Å². The summed E-state index contributed by atoms with van der Waals surface area (Å²) < 4.78 is 19.6. The van der Waals surface area contributed by atoms with Crippen LogP contribution in [-0.4, -0.2) is 5.97 Å². The van der Waals surface area contributed by atoms with Crippen LogP contribution in [0.3, 0.4) is 0 Å². The van der Waals surface area contributed by atoms with Crippen molar-refractivity contribution in [1.82, 2.24) is 0 Å². The van der Waals surface area contributed by atoms with Crippen LogP contribution in [-0.2, 0) is 11.3 Å². The van der Waals surface area contributed by atoms with E-state index in [0.717, 1.165) is 0 Å². The molecule has 0 bridgehead atoms. The molecule has 0 heterocycles. The van der Waals surface area contributed by atoms with Crippen LogP contribution in [0.25, 0.3) is 0 Å². The highest BCUT2D eigenvalue weighted by Gasteiger charge is 2.10. The Morgan fingerprint density at radius 3 is 2.45 bits per heavy atom. The number of hydrogen-bond donors (Lipinski definition) is 1. The van der Waals surface area contributed by atoms with Crippen molar-refractivity contribution in [2.45, 2.75) is 6.61 Å². The molecule has 2 aromatic rings. The predicted molar refractivity (Wildman–Crippen MR) is 81.8 cm³/mol. The zero-order valence-electron chi connectivity index (χ0n) is 10.2. The molecule has 0 fully saturated rings. The molecular formula is C14H10Br2FNO2. The second-order valence-corrected chi connectivity index (χ2v) is 5.96. The maximum Gasteiger partial charge on any atom is 0.338 e. The Kier molecular flexibility index (Phi) is 4.77. The number of benzene rings is 2. The Bertz CT molecular complexity index is 621. The van der Waals surface area contributed by atoms with Gasteiger partial charge < -0.3 is 10.5 Å². The predicted octanol–water partition coefficient (Wildman–Crippen LogP) is 4.29. The smallest absolute Gasteiger partial charge is 0.338 e.